The molecule has 93 valence electrons. The number of unbranched alkanes of at least 4 members (excludes halogenated alkanes) is 9. The van der Waals surface area contributed by atoms with Gasteiger partial charge in [-0.05, 0) is 13.3 Å². The Labute approximate surface area is 102 Å². The average Bonchev–Trinajstić information content (AvgIpc) is 2.31. The SMILES string of the molecule is [CH2]COC#CCCCCCCCCCCC. The van der Waals surface area contributed by atoms with E-state index in [2.05, 4.69) is 25.9 Å². The van der Waals surface area contributed by atoms with Crippen LogP contribution in [-0.2, 0) is 4.74 Å². The van der Waals surface area contributed by atoms with Crippen molar-refractivity contribution < 1.29 is 4.74 Å². The minimum absolute atomic E-state index is 0.449. The maximum Gasteiger partial charge on any atom is 0.110 e. The van der Waals surface area contributed by atoms with Crippen LogP contribution in [0, 0.1) is 19.0 Å². The van der Waals surface area contributed by atoms with Crippen LogP contribution in [-0.4, -0.2) is 6.61 Å². The van der Waals surface area contributed by atoms with E-state index in [0.29, 0.717) is 6.61 Å². The molecule has 0 heterocycles. The smallest absolute Gasteiger partial charge is 0.110 e. The summed E-state index contributed by atoms with van der Waals surface area (Å²) in [6, 6.07) is 0. The zero-order valence-corrected chi connectivity index (χ0v) is 10.9. The highest BCUT2D eigenvalue weighted by Crippen LogP contribution is 2.09. The van der Waals surface area contributed by atoms with Gasteiger partial charge in [0.05, 0.1) is 0 Å². The molecule has 1 nitrogen and oxygen atoms in total. The van der Waals surface area contributed by atoms with E-state index >= 15 is 0 Å². The Balaban J connectivity index is 2.96. The van der Waals surface area contributed by atoms with Gasteiger partial charge in [0.15, 0.2) is 0 Å². The minimum Gasteiger partial charge on any atom is -0.447 e. The zero-order valence-electron chi connectivity index (χ0n) is 10.9. The Kier molecular flexibility index (Phi) is 13.8. The second-order valence-corrected chi connectivity index (χ2v) is 4.21. The molecule has 0 aliphatic rings. The third-order valence-electron chi connectivity index (χ3n) is 2.65. The molecule has 0 amide bonds. The van der Waals surface area contributed by atoms with Crippen LogP contribution >= 0.6 is 0 Å². The van der Waals surface area contributed by atoms with E-state index in [1.165, 1.54) is 57.8 Å². The quantitative estimate of drug-likeness (QED) is 0.384. The average molecular weight is 223 g/mol. The first-order chi connectivity index (χ1) is 7.91. The Morgan fingerprint density at radius 2 is 1.44 bits per heavy atom. The lowest BCUT2D eigenvalue weighted by Crippen LogP contribution is -1.81. The monoisotopic (exact) mass is 223 g/mol. The lowest BCUT2D eigenvalue weighted by molar-refractivity contribution is 0.318. The summed E-state index contributed by atoms with van der Waals surface area (Å²) in [7, 11) is 0. The van der Waals surface area contributed by atoms with E-state index in [4.69, 9.17) is 4.74 Å². The lowest BCUT2D eigenvalue weighted by Gasteiger charge is -2.00. The van der Waals surface area contributed by atoms with Crippen LogP contribution in [0.3, 0.4) is 0 Å². The largest absolute Gasteiger partial charge is 0.447 e. The van der Waals surface area contributed by atoms with Gasteiger partial charge in [-0.25, -0.2) is 0 Å². The first-order valence-electron chi connectivity index (χ1n) is 6.80. The van der Waals surface area contributed by atoms with Gasteiger partial charge in [-0.15, -0.1) is 0 Å². The van der Waals surface area contributed by atoms with Crippen molar-refractivity contribution in [2.24, 2.45) is 0 Å². The second kappa shape index (κ2) is 14.4. The fourth-order valence-electron chi connectivity index (χ4n) is 1.68. The van der Waals surface area contributed by atoms with Crippen molar-refractivity contribution in [3.63, 3.8) is 0 Å². The Morgan fingerprint density at radius 3 is 2.00 bits per heavy atom. The topological polar surface area (TPSA) is 9.23 Å². The molecule has 0 N–H and O–H groups in total. The third-order valence-corrected chi connectivity index (χ3v) is 2.65. The Hall–Kier alpha value is -0.640. The summed E-state index contributed by atoms with van der Waals surface area (Å²) < 4.78 is 4.84. The number of ether oxygens (including phenoxy) is 1. The predicted octanol–water partition coefficient (Wildman–Crippen LogP) is 4.72. The summed E-state index contributed by atoms with van der Waals surface area (Å²) >= 11 is 0. The molecule has 0 saturated carbocycles. The fourth-order valence-corrected chi connectivity index (χ4v) is 1.68. The standard InChI is InChI=1S/C15H27O/c1-3-5-6-7-8-9-10-11-12-13-14-15-16-4-2/h2-13H2,1H3. The molecule has 0 unspecified atom stereocenters. The first kappa shape index (κ1) is 15.4. The maximum atomic E-state index is 4.84. The van der Waals surface area contributed by atoms with Crippen LogP contribution in [0.15, 0.2) is 0 Å². The number of rotatable bonds is 10. The molecule has 0 fully saturated rings. The van der Waals surface area contributed by atoms with Crippen molar-refractivity contribution in [1.29, 1.82) is 0 Å². The Bertz CT molecular complexity index is 176. The van der Waals surface area contributed by atoms with Crippen LogP contribution in [0.2, 0.25) is 0 Å². The second-order valence-electron chi connectivity index (χ2n) is 4.21. The fraction of sp³-hybridized carbons (Fsp3) is 0.800. The summed E-state index contributed by atoms with van der Waals surface area (Å²) in [5.41, 5.74) is 0. The van der Waals surface area contributed by atoms with E-state index in [0.717, 1.165) is 6.42 Å². The first-order valence-corrected chi connectivity index (χ1v) is 6.80. The van der Waals surface area contributed by atoms with E-state index in [9.17, 15) is 0 Å². The van der Waals surface area contributed by atoms with Gasteiger partial charge in [0, 0.05) is 6.42 Å². The van der Waals surface area contributed by atoms with Crippen molar-refractivity contribution >= 4 is 0 Å². The van der Waals surface area contributed by atoms with E-state index in [1.807, 2.05) is 0 Å². The van der Waals surface area contributed by atoms with Gasteiger partial charge >= 0.3 is 0 Å². The summed E-state index contributed by atoms with van der Waals surface area (Å²) in [6.07, 6.45) is 15.9. The molecule has 0 spiro atoms. The van der Waals surface area contributed by atoms with Crippen LogP contribution in [0.25, 0.3) is 0 Å². The van der Waals surface area contributed by atoms with Gasteiger partial charge in [-0.1, -0.05) is 64.2 Å². The maximum absolute atomic E-state index is 4.84. The molecule has 0 rings (SSSR count). The van der Waals surface area contributed by atoms with E-state index < -0.39 is 0 Å². The van der Waals surface area contributed by atoms with Crippen molar-refractivity contribution in [3.8, 4) is 12.0 Å². The molecule has 0 aliphatic carbocycles. The molecule has 0 aromatic heterocycles. The van der Waals surface area contributed by atoms with Gasteiger partial charge in [0.25, 0.3) is 0 Å². The van der Waals surface area contributed by atoms with Crippen molar-refractivity contribution in [2.75, 3.05) is 6.61 Å². The molecule has 0 bridgehead atoms. The highest BCUT2D eigenvalue weighted by Gasteiger charge is 1.90. The molecular formula is C15H27O. The van der Waals surface area contributed by atoms with Gasteiger partial charge in [0.2, 0.25) is 0 Å². The highest BCUT2D eigenvalue weighted by molar-refractivity contribution is 4.91. The zero-order chi connectivity index (χ0) is 11.9. The summed E-state index contributed by atoms with van der Waals surface area (Å²) in [5, 5.41) is 0. The Morgan fingerprint density at radius 1 is 0.875 bits per heavy atom. The van der Waals surface area contributed by atoms with Gasteiger partial charge < -0.3 is 4.74 Å². The van der Waals surface area contributed by atoms with E-state index in [1.54, 1.807) is 0 Å². The summed E-state index contributed by atoms with van der Waals surface area (Å²) in [6.45, 7) is 6.26. The number of hydrogen-bond donors (Lipinski definition) is 0. The molecule has 0 aliphatic heterocycles. The summed E-state index contributed by atoms with van der Waals surface area (Å²) in [5.74, 6) is 2.99. The molecule has 16 heavy (non-hydrogen) atoms. The van der Waals surface area contributed by atoms with Crippen molar-refractivity contribution in [1.82, 2.24) is 0 Å². The van der Waals surface area contributed by atoms with Gasteiger partial charge in [-0.2, -0.15) is 0 Å². The molecule has 1 heteroatoms. The van der Waals surface area contributed by atoms with Crippen molar-refractivity contribution in [3.05, 3.63) is 6.92 Å². The molecular weight excluding hydrogens is 196 g/mol. The molecule has 0 atom stereocenters. The molecule has 0 aromatic carbocycles. The molecule has 0 aromatic rings. The van der Waals surface area contributed by atoms with Crippen LogP contribution in [0.5, 0.6) is 0 Å². The highest BCUT2D eigenvalue weighted by atomic mass is 16.5. The third kappa shape index (κ3) is 13.4. The lowest BCUT2D eigenvalue weighted by atomic mass is 10.1. The molecule has 1 radical (unpaired) electrons. The van der Waals surface area contributed by atoms with Crippen LogP contribution in [0.1, 0.15) is 71.1 Å². The predicted molar refractivity (Wildman–Crippen MR) is 70.9 cm³/mol. The number of hydrogen-bond acceptors (Lipinski definition) is 1. The molecule has 0 saturated heterocycles. The van der Waals surface area contributed by atoms with Gasteiger partial charge in [-0.3, -0.25) is 0 Å². The van der Waals surface area contributed by atoms with Crippen LogP contribution in [0.4, 0.5) is 0 Å². The van der Waals surface area contributed by atoms with E-state index in [-0.39, 0.29) is 0 Å². The normalized spacial score (nSPS) is 9.62. The van der Waals surface area contributed by atoms with Gasteiger partial charge in [0.1, 0.15) is 12.7 Å². The van der Waals surface area contributed by atoms with Crippen molar-refractivity contribution in [2.45, 2.75) is 71.1 Å². The summed E-state index contributed by atoms with van der Waals surface area (Å²) in [4.78, 5) is 0. The van der Waals surface area contributed by atoms with Crippen LogP contribution < -0.4 is 0 Å². The minimum atomic E-state index is 0.449.